The van der Waals surface area contributed by atoms with Crippen LogP contribution in [-0.2, 0) is 14.4 Å². The van der Waals surface area contributed by atoms with E-state index in [1.807, 2.05) is 0 Å². The number of imide groups is 1. The molecule has 0 fully saturated rings. The molecule has 0 aliphatic carbocycles. The Morgan fingerprint density at radius 2 is 1.26 bits per heavy atom. The highest BCUT2D eigenvalue weighted by atomic mass is 32.2. The molecule has 0 saturated carbocycles. The maximum Gasteiger partial charge on any atom is 0.349 e. The summed E-state index contributed by atoms with van der Waals surface area (Å²) in [5.41, 5.74) is -0.165. The van der Waals surface area contributed by atoms with E-state index in [9.17, 15) is 23.2 Å². The Balaban J connectivity index is 1.58. The molecule has 0 spiro atoms. The lowest BCUT2D eigenvalue weighted by molar-refractivity contribution is -0.170. The second-order valence-electron chi connectivity index (χ2n) is 7.25. The van der Waals surface area contributed by atoms with Crippen LogP contribution in [0.2, 0.25) is 0 Å². The van der Waals surface area contributed by atoms with Crippen LogP contribution in [0, 0.1) is 0 Å². The van der Waals surface area contributed by atoms with Crippen molar-refractivity contribution in [2.24, 2.45) is 0 Å². The van der Waals surface area contributed by atoms with Gasteiger partial charge in [0.1, 0.15) is 0 Å². The summed E-state index contributed by atoms with van der Waals surface area (Å²) in [4.78, 5) is 43.8. The highest BCUT2D eigenvalue weighted by Gasteiger charge is 2.40. The molecule has 1 aliphatic rings. The molecule has 174 valence electrons. The predicted octanol–water partition coefficient (Wildman–Crippen LogP) is 4.87. The molecular weight excluding hydrogens is 464 g/mol. The van der Waals surface area contributed by atoms with Gasteiger partial charge in [0, 0.05) is 0 Å². The third kappa shape index (κ3) is 5.16. The van der Waals surface area contributed by atoms with Crippen LogP contribution in [0.1, 0.15) is 37.9 Å². The highest BCUT2D eigenvalue weighted by molar-refractivity contribution is 8.00. The minimum absolute atomic E-state index is 0.102. The van der Waals surface area contributed by atoms with Gasteiger partial charge in [-0.2, -0.15) is 0 Å². The van der Waals surface area contributed by atoms with Crippen LogP contribution < -0.4 is 0 Å². The van der Waals surface area contributed by atoms with Gasteiger partial charge in [0.2, 0.25) is 11.9 Å². The molecule has 0 bridgehead atoms. The Labute approximate surface area is 198 Å². The molecule has 0 radical (unpaired) electrons. The fourth-order valence-corrected chi connectivity index (χ4v) is 4.07. The van der Waals surface area contributed by atoms with Crippen molar-refractivity contribution < 1.29 is 32.7 Å². The van der Waals surface area contributed by atoms with Gasteiger partial charge in [0.05, 0.1) is 16.9 Å². The summed E-state index contributed by atoms with van der Waals surface area (Å²) in [6, 6.07) is 23.8. The zero-order valence-electron chi connectivity index (χ0n) is 17.7. The summed E-state index contributed by atoms with van der Waals surface area (Å²) < 4.78 is 31.6. The third-order valence-corrected chi connectivity index (χ3v) is 5.99. The molecule has 4 rings (SSSR count). The monoisotopic (exact) mass is 483 g/mol. The third-order valence-electron chi connectivity index (χ3n) is 4.96. The number of nitrogens with zero attached hydrogens (tertiary/aromatic N) is 1. The van der Waals surface area contributed by atoms with Gasteiger partial charge >= 0.3 is 5.97 Å². The zero-order chi connectivity index (χ0) is 24.1. The lowest BCUT2D eigenvalue weighted by Gasteiger charge is -2.24. The van der Waals surface area contributed by atoms with Gasteiger partial charge in [0.25, 0.3) is 11.8 Å². The minimum Gasteiger partial charge on any atom is -0.450 e. The van der Waals surface area contributed by atoms with Crippen molar-refractivity contribution in [1.82, 2.24) is 5.06 Å². The van der Waals surface area contributed by atoms with Gasteiger partial charge < -0.3 is 4.74 Å². The molecule has 3 aromatic carbocycles. The molecule has 34 heavy (non-hydrogen) atoms. The summed E-state index contributed by atoms with van der Waals surface area (Å²) in [6.45, 7) is 0. The maximum atomic E-state index is 13.1. The molecule has 0 aromatic heterocycles. The molecule has 1 heterocycles. The number of hydrogen-bond donors (Lipinski definition) is 0. The number of rotatable bonds is 9. The first-order valence-corrected chi connectivity index (χ1v) is 11.4. The Bertz CT molecular complexity index is 1100. The number of amides is 2. The van der Waals surface area contributed by atoms with Crippen molar-refractivity contribution in [3.63, 3.8) is 0 Å². The molecule has 1 unspecified atom stereocenters. The van der Waals surface area contributed by atoms with Gasteiger partial charge in [-0.25, -0.2) is 18.4 Å². The van der Waals surface area contributed by atoms with E-state index in [-0.39, 0.29) is 11.1 Å². The molecule has 0 N–H and O–H groups in total. The van der Waals surface area contributed by atoms with E-state index in [0.717, 1.165) is 0 Å². The largest absolute Gasteiger partial charge is 0.450 e. The average molecular weight is 483 g/mol. The number of esters is 1. The number of hydrogen-bond acceptors (Lipinski definition) is 6. The average Bonchev–Trinajstić information content (AvgIpc) is 3.10. The Kier molecular flexibility index (Phi) is 7.34. The van der Waals surface area contributed by atoms with Gasteiger partial charge in [-0.1, -0.05) is 72.8 Å². The van der Waals surface area contributed by atoms with E-state index in [2.05, 4.69) is 0 Å². The predicted molar refractivity (Wildman–Crippen MR) is 121 cm³/mol. The van der Waals surface area contributed by atoms with Crippen molar-refractivity contribution >= 4 is 29.5 Å². The highest BCUT2D eigenvalue weighted by Crippen LogP contribution is 2.30. The number of thioether (sulfide) groups is 1. The van der Waals surface area contributed by atoms with Crippen LogP contribution in [0.25, 0.3) is 0 Å². The molecule has 1 aliphatic heterocycles. The van der Waals surface area contributed by atoms with Crippen molar-refractivity contribution in [3.8, 4) is 0 Å². The minimum atomic E-state index is -2.75. The van der Waals surface area contributed by atoms with Crippen molar-refractivity contribution in [2.75, 3.05) is 5.75 Å². The lowest BCUT2D eigenvalue weighted by Crippen LogP contribution is -2.38. The topological polar surface area (TPSA) is 72.9 Å². The Morgan fingerprint density at radius 1 is 0.794 bits per heavy atom. The SMILES string of the molecule is O=C(OC(c1ccccc1)c1ccccc1)C(ON1C(=O)c2ccccc2C1=O)SCC(F)F. The number of alkyl halides is 2. The number of carbonyl (C=O) groups is 3. The van der Waals surface area contributed by atoms with Crippen LogP contribution in [0.5, 0.6) is 0 Å². The van der Waals surface area contributed by atoms with Gasteiger partial charge in [-0.3, -0.25) is 9.59 Å². The summed E-state index contributed by atoms with van der Waals surface area (Å²) in [7, 11) is 0. The van der Waals surface area contributed by atoms with E-state index >= 15 is 0 Å². The zero-order valence-corrected chi connectivity index (χ0v) is 18.5. The summed E-state index contributed by atoms with van der Waals surface area (Å²) >= 11 is 0.447. The van der Waals surface area contributed by atoms with Gasteiger partial charge in [-0.05, 0) is 23.3 Å². The van der Waals surface area contributed by atoms with E-state index in [4.69, 9.17) is 9.57 Å². The van der Waals surface area contributed by atoms with Gasteiger partial charge in [0.15, 0.2) is 6.10 Å². The number of fused-ring (bicyclic) bond motifs is 1. The van der Waals surface area contributed by atoms with E-state index in [1.165, 1.54) is 12.1 Å². The molecule has 3 aromatic rings. The molecule has 9 heteroatoms. The summed E-state index contributed by atoms with van der Waals surface area (Å²) in [5, 5.41) is 0.426. The van der Waals surface area contributed by atoms with Crippen LogP contribution in [0.4, 0.5) is 8.78 Å². The maximum absolute atomic E-state index is 13.1. The fraction of sp³-hybridized carbons (Fsp3) is 0.160. The Hall–Kier alpha value is -3.56. The summed E-state index contributed by atoms with van der Waals surface area (Å²) in [6.07, 6.45) is -3.60. The van der Waals surface area contributed by atoms with Crippen molar-refractivity contribution in [1.29, 1.82) is 0 Å². The normalized spacial score (nSPS) is 13.9. The number of carbonyl (C=O) groups excluding carboxylic acids is 3. The lowest BCUT2D eigenvalue weighted by atomic mass is 10.0. The number of ether oxygens (including phenoxy) is 1. The first-order valence-electron chi connectivity index (χ1n) is 10.3. The van der Waals surface area contributed by atoms with Crippen LogP contribution in [0.15, 0.2) is 84.9 Å². The summed E-state index contributed by atoms with van der Waals surface area (Å²) in [5.74, 6) is -3.32. The second kappa shape index (κ2) is 10.6. The molecule has 6 nitrogen and oxygen atoms in total. The quantitative estimate of drug-likeness (QED) is 0.246. The first kappa shape index (κ1) is 23.6. The number of benzene rings is 3. The Morgan fingerprint density at radius 3 is 1.74 bits per heavy atom. The van der Waals surface area contributed by atoms with E-state index < -0.39 is 41.5 Å². The van der Waals surface area contributed by atoms with Crippen molar-refractivity contribution in [3.05, 3.63) is 107 Å². The molecule has 2 amide bonds. The number of halogens is 2. The van der Waals surface area contributed by atoms with Crippen molar-refractivity contribution in [2.45, 2.75) is 18.0 Å². The standard InChI is InChI=1S/C25H19F2NO5S/c26-20(27)15-34-25(33-28-22(29)18-13-7-8-14-19(18)23(28)30)24(31)32-21(16-9-3-1-4-10-16)17-11-5-2-6-12-17/h1-14,20-21,25H,15H2. The van der Waals surface area contributed by atoms with Gasteiger partial charge in [-0.15, -0.1) is 16.8 Å². The number of hydroxylamine groups is 2. The first-order chi connectivity index (χ1) is 16.5. The second-order valence-corrected chi connectivity index (χ2v) is 8.35. The van der Waals surface area contributed by atoms with E-state index in [0.29, 0.717) is 28.0 Å². The molecular formula is C25H19F2NO5S. The van der Waals surface area contributed by atoms with E-state index in [1.54, 1.807) is 72.8 Å². The van der Waals surface area contributed by atoms with Crippen LogP contribution in [-0.4, -0.2) is 40.5 Å². The molecule has 0 saturated heterocycles. The molecule has 1 atom stereocenters. The smallest absolute Gasteiger partial charge is 0.349 e. The van der Waals surface area contributed by atoms with Crippen LogP contribution in [0.3, 0.4) is 0 Å². The van der Waals surface area contributed by atoms with Crippen LogP contribution >= 0.6 is 11.8 Å². The fourth-order valence-electron chi connectivity index (χ4n) is 3.42.